The van der Waals surface area contributed by atoms with Gasteiger partial charge in [-0.3, -0.25) is 4.90 Å². The number of aromatic nitrogens is 3. The zero-order valence-corrected chi connectivity index (χ0v) is 22.9. The molecule has 1 N–H and O–H groups in total. The van der Waals surface area contributed by atoms with Crippen molar-refractivity contribution < 1.29 is 40.2 Å². The minimum atomic E-state index is -4.97. The summed E-state index contributed by atoms with van der Waals surface area (Å²) in [5.74, 6) is -3.02. The third-order valence-corrected chi connectivity index (χ3v) is 7.34. The molecule has 5 atom stereocenters. The summed E-state index contributed by atoms with van der Waals surface area (Å²) in [4.78, 5) is 3.89. The first-order valence-electron chi connectivity index (χ1n) is 13.0. The van der Waals surface area contributed by atoms with Gasteiger partial charge in [-0.05, 0) is 50.7 Å². The molecule has 1 aliphatic heterocycles. The molecule has 1 saturated heterocycles. The summed E-state index contributed by atoms with van der Waals surface area (Å²) in [6.07, 6.45) is -11.1. The lowest BCUT2D eigenvalue weighted by molar-refractivity contribution is -0.236. The number of aromatic amines is 1. The maximum absolute atomic E-state index is 13.8. The Hall–Kier alpha value is -2.81. The van der Waals surface area contributed by atoms with Gasteiger partial charge < -0.3 is 14.4 Å². The van der Waals surface area contributed by atoms with Crippen LogP contribution in [-0.2, 0) is 22.6 Å². The number of rotatable bonds is 8. The van der Waals surface area contributed by atoms with Crippen LogP contribution in [0.15, 0.2) is 47.6 Å². The van der Waals surface area contributed by atoms with Crippen LogP contribution in [0.25, 0.3) is 0 Å². The fraction of sp³-hybridized carbons (Fsp3) is 0.556. The molecule has 1 fully saturated rings. The van der Waals surface area contributed by atoms with Crippen LogP contribution in [-0.4, -0.2) is 77.2 Å². The zero-order chi connectivity index (χ0) is 30.1. The molecule has 0 bridgehead atoms. The van der Waals surface area contributed by atoms with E-state index in [1.165, 1.54) is 26.0 Å². The van der Waals surface area contributed by atoms with Gasteiger partial charge in [-0.1, -0.05) is 25.1 Å². The van der Waals surface area contributed by atoms with Gasteiger partial charge in [-0.2, -0.15) is 41.8 Å². The molecule has 0 spiro atoms. The normalized spacial score (nSPS) is 25.3. The molecule has 226 valence electrons. The molecule has 41 heavy (non-hydrogen) atoms. The van der Waals surface area contributed by atoms with Crippen LogP contribution < -0.4 is 0 Å². The SMILES string of the molecule is CC1C(C(F)(F)F)=CC(C(F)(F)F)=CC1[C@@H](C)O[C@H]1OCCN(Cc2n[nH]nc2CN(C)C)[C@H]1c1ccc(F)cc1. The minimum Gasteiger partial charge on any atom is -0.349 e. The Balaban J connectivity index is 1.64. The van der Waals surface area contributed by atoms with Crippen LogP contribution >= 0.6 is 0 Å². The molecule has 7 nitrogen and oxygen atoms in total. The van der Waals surface area contributed by atoms with Crippen molar-refractivity contribution in [3.63, 3.8) is 0 Å². The first-order chi connectivity index (χ1) is 19.1. The van der Waals surface area contributed by atoms with Crippen molar-refractivity contribution in [2.45, 2.75) is 57.7 Å². The third-order valence-electron chi connectivity index (χ3n) is 7.34. The number of ether oxygens (including phenoxy) is 2. The van der Waals surface area contributed by atoms with Gasteiger partial charge in [0.05, 0.1) is 24.3 Å². The van der Waals surface area contributed by atoms with Crippen LogP contribution in [0.1, 0.15) is 36.8 Å². The van der Waals surface area contributed by atoms with Crippen molar-refractivity contribution in [1.82, 2.24) is 25.2 Å². The lowest BCUT2D eigenvalue weighted by atomic mass is 9.78. The summed E-state index contributed by atoms with van der Waals surface area (Å²) in [6, 6.07) is 4.94. The van der Waals surface area contributed by atoms with Crippen LogP contribution in [0.2, 0.25) is 0 Å². The predicted octanol–water partition coefficient (Wildman–Crippen LogP) is 5.55. The molecule has 2 aromatic rings. The van der Waals surface area contributed by atoms with Gasteiger partial charge in [-0.25, -0.2) is 4.39 Å². The van der Waals surface area contributed by atoms with E-state index in [1.807, 2.05) is 23.9 Å². The number of benzene rings is 1. The average molecular weight is 592 g/mol. The standard InChI is InChI=1S/C27H32F7N5O2/c1-15-20(11-18(26(29,30)31)12-21(15)27(32,33)34)16(2)41-25-24(17-5-7-19(28)8-6-17)39(9-10-40-25)14-23-22(13-38(3)4)35-37-36-23/h5-8,11-12,15-16,20,24-25H,9-10,13-14H2,1-4H3,(H,35,36,37)/t15?,16-,20?,24+,25-/m1/s1. The molecule has 14 heteroatoms. The fourth-order valence-electron chi connectivity index (χ4n) is 5.29. The second-order valence-electron chi connectivity index (χ2n) is 10.6. The molecule has 1 aromatic heterocycles. The summed E-state index contributed by atoms with van der Waals surface area (Å²) >= 11 is 0. The van der Waals surface area contributed by atoms with E-state index in [0.717, 1.165) is 6.08 Å². The van der Waals surface area contributed by atoms with Crippen molar-refractivity contribution in [1.29, 1.82) is 0 Å². The van der Waals surface area contributed by atoms with E-state index in [2.05, 4.69) is 15.4 Å². The maximum Gasteiger partial charge on any atom is 0.416 e. The van der Waals surface area contributed by atoms with Crippen molar-refractivity contribution in [3.05, 3.63) is 70.3 Å². The maximum atomic E-state index is 13.8. The van der Waals surface area contributed by atoms with Gasteiger partial charge in [0, 0.05) is 31.1 Å². The van der Waals surface area contributed by atoms with Crippen LogP contribution in [0.5, 0.6) is 0 Å². The van der Waals surface area contributed by atoms with E-state index in [-0.39, 0.29) is 19.2 Å². The highest BCUT2D eigenvalue weighted by atomic mass is 19.4. The van der Waals surface area contributed by atoms with Crippen LogP contribution in [0, 0.1) is 17.7 Å². The Morgan fingerprint density at radius 3 is 2.34 bits per heavy atom. The Bertz CT molecular complexity index is 1240. The van der Waals surface area contributed by atoms with Gasteiger partial charge in [0.2, 0.25) is 0 Å². The Labute approximate surface area is 233 Å². The Kier molecular flexibility index (Phi) is 9.26. The molecule has 4 rings (SSSR count). The summed E-state index contributed by atoms with van der Waals surface area (Å²) < 4.78 is 108. The Morgan fingerprint density at radius 2 is 1.73 bits per heavy atom. The summed E-state index contributed by atoms with van der Waals surface area (Å²) in [5.41, 5.74) is -0.687. The van der Waals surface area contributed by atoms with E-state index in [9.17, 15) is 30.7 Å². The summed E-state index contributed by atoms with van der Waals surface area (Å²) in [6.45, 7) is 4.05. The van der Waals surface area contributed by atoms with E-state index in [4.69, 9.17) is 9.47 Å². The second-order valence-corrected chi connectivity index (χ2v) is 10.6. The highest BCUT2D eigenvalue weighted by Gasteiger charge is 2.47. The van der Waals surface area contributed by atoms with Gasteiger partial charge >= 0.3 is 12.4 Å². The number of H-pyrrole nitrogens is 1. The van der Waals surface area contributed by atoms with Gasteiger partial charge in [0.1, 0.15) is 17.2 Å². The van der Waals surface area contributed by atoms with Crippen molar-refractivity contribution in [3.8, 4) is 0 Å². The minimum absolute atomic E-state index is 0.164. The van der Waals surface area contributed by atoms with Gasteiger partial charge in [-0.15, -0.1) is 0 Å². The topological polar surface area (TPSA) is 66.5 Å². The van der Waals surface area contributed by atoms with E-state index in [0.29, 0.717) is 30.0 Å². The Morgan fingerprint density at radius 1 is 1.07 bits per heavy atom. The quantitative estimate of drug-likeness (QED) is 0.406. The third kappa shape index (κ3) is 7.34. The van der Waals surface area contributed by atoms with Gasteiger partial charge in [0.25, 0.3) is 0 Å². The van der Waals surface area contributed by atoms with E-state index in [1.54, 1.807) is 12.1 Å². The van der Waals surface area contributed by atoms with E-state index >= 15 is 0 Å². The van der Waals surface area contributed by atoms with Crippen LogP contribution in [0.3, 0.4) is 0 Å². The first-order valence-corrected chi connectivity index (χ1v) is 13.0. The monoisotopic (exact) mass is 591 g/mol. The van der Waals surface area contributed by atoms with Crippen LogP contribution in [0.4, 0.5) is 30.7 Å². The number of halogens is 7. The molecule has 1 aromatic carbocycles. The molecule has 0 radical (unpaired) electrons. The molecule has 1 aliphatic carbocycles. The highest BCUT2D eigenvalue weighted by molar-refractivity contribution is 5.37. The lowest BCUT2D eigenvalue weighted by Gasteiger charge is -2.43. The van der Waals surface area contributed by atoms with Crippen molar-refractivity contribution >= 4 is 0 Å². The predicted molar refractivity (Wildman–Crippen MR) is 135 cm³/mol. The number of allylic oxidation sites excluding steroid dienone is 3. The number of alkyl halides is 6. The summed E-state index contributed by atoms with van der Waals surface area (Å²) in [5, 5.41) is 11.1. The molecule has 2 aliphatic rings. The zero-order valence-electron chi connectivity index (χ0n) is 22.9. The molecular weight excluding hydrogens is 559 g/mol. The number of morpholine rings is 1. The van der Waals surface area contributed by atoms with Crippen molar-refractivity contribution in [2.75, 3.05) is 27.2 Å². The number of hydrogen-bond donors (Lipinski definition) is 1. The lowest BCUT2D eigenvalue weighted by Crippen LogP contribution is -2.48. The van der Waals surface area contributed by atoms with E-state index < -0.39 is 59.6 Å². The molecule has 2 heterocycles. The largest absolute Gasteiger partial charge is 0.416 e. The second kappa shape index (κ2) is 12.2. The molecular formula is C27H32F7N5O2. The average Bonchev–Trinajstić information content (AvgIpc) is 3.29. The smallest absolute Gasteiger partial charge is 0.349 e. The number of hydrogen-bond acceptors (Lipinski definition) is 6. The molecule has 2 unspecified atom stereocenters. The summed E-state index contributed by atoms with van der Waals surface area (Å²) in [7, 11) is 3.76. The van der Waals surface area contributed by atoms with Gasteiger partial charge in [0.15, 0.2) is 6.29 Å². The van der Waals surface area contributed by atoms with Crippen molar-refractivity contribution in [2.24, 2.45) is 11.8 Å². The molecule has 0 saturated carbocycles. The number of nitrogens with one attached hydrogen (secondary N) is 1. The number of nitrogens with zero attached hydrogens (tertiary/aromatic N) is 4. The highest BCUT2D eigenvalue weighted by Crippen LogP contribution is 2.45. The molecule has 0 amide bonds. The fourth-order valence-corrected chi connectivity index (χ4v) is 5.29. The first kappa shape index (κ1) is 31.1.